The lowest BCUT2D eigenvalue weighted by atomic mass is 9.93. The number of carbonyl (C=O) groups is 1. The summed E-state index contributed by atoms with van der Waals surface area (Å²) >= 11 is 0. The Labute approximate surface area is 175 Å². The largest absolute Gasteiger partial charge is 0.497 e. The van der Waals surface area contributed by atoms with Crippen molar-refractivity contribution in [3.63, 3.8) is 0 Å². The van der Waals surface area contributed by atoms with Gasteiger partial charge in [0, 0.05) is 41.4 Å². The van der Waals surface area contributed by atoms with Crippen LogP contribution in [0, 0.1) is 5.41 Å². The van der Waals surface area contributed by atoms with Crippen molar-refractivity contribution in [3.05, 3.63) is 36.4 Å². The first-order chi connectivity index (χ1) is 14.2. The van der Waals surface area contributed by atoms with E-state index in [0.29, 0.717) is 23.0 Å². The molecule has 0 aliphatic rings. The van der Waals surface area contributed by atoms with Crippen LogP contribution in [0.2, 0.25) is 0 Å². The lowest BCUT2D eigenvalue weighted by Crippen LogP contribution is -2.29. The summed E-state index contributed by atoms with van der Waals surface area (Å²) in [6, 6.07) is 11.3. The van der Waals surface area contributed by atoms with Gasteiger partial charge in [-0.1, -0.05) is 0 Å². The van der Waals surface area contributed by atoms with Crippen molar-refractivity contribution in [2.75, 3.05) is 28.4 Å². The molecule has 0 amide bonds. The molecule has 1 N–H and O–H groups in total. The third-order valence-electron chi connectivity index (χ3n) is 5.19. The van der Waals surface area contributed by atoms with Gasteiger partial charge >= 0.3 is 5.97 Å². The highest BCUT2D eigenvalue weighted by Gasteiger charge is 2.30. The number of rotatable bonds is 8. The van der Waals surface area contributed by atoms with Gasteiger partial charge in [0.2, 0.25) is 0 Å². The molecule has 7 heteroatoms. The molecular formula is C23H27NO6. The van der Waals surface area contributed by atoms with Crippen LogP contribution < -0.4 is 18.9 Å². The minimum atomic E-state index is -1.00. The maximum Gasteiger partial charge on any atom is 0.310 e. The highest BCUT2D eigenvalue weighted by atomic mass is 16.5. The number of fused-ring (bicyclic) bond motifs is 1. The quantitative estimate of drug-likeness (QED) is 0.588. The summed E-state index contributed by atoms with van der Waals surface area (Å²) in [5.41, 5.74) is 1.48. The number of carboxylic acid groups (broad SMARTS) is 1. The van der Waals surface area contributed by atoms with Gasteiger partial charge in [-0.05, 0) is 32.0 Å². The van der Waals surface area contributed by atoms with Gasteiger partial charge in [0.1, 0.15) is 23.0 Å². The predicted octanol–water partition coefficient (Wildman–Crippen LogP) is 4.45. The first-order valence-electron chi connectivity index (χ1n) is 9.46. The summed E-state index contributed by atoms with van der Waals surface area (Å²) in [6.07, 6.45) is 0. The molecule has 0 radical (unpaired) electrons. The molecule has 0 fully saturated rings. The number of aliphatic carboxylic acids is 1. The Bertz CT molecular complexity index is 1060. The van der Waals surface area contributed by atoms with E-state index in [9.17, 15) is 9.90 Å². The van der Waals surface area contributed by atoms with E-state index >= 15 is 0 Å². The van der Waals surface area contributed by atoms with E-state index in [1.54, 1.807) is 48.4 Å². The van der Waals surface area contributed by atoms with E-state index < -0.39 is 11.4 Å². The third kappa shape index (κ3) is 3.87. The third-order valence-corrected chi connectivity index (χ3v) is 5.19. The van der Waals surface area contributed by atoms with Crippen LogP contribution in [0.25, 0.3) is 22.2 Å². The fourth-order valence-corrected chi connectivity index (χ4v) is 3.41. The van der Waals surface area contributed by atoms with Gasteiger partial charge in [0.25, 0.3) is 0 Å². The fraction of sp³-hybridized carbons (Fsp3) is 0.348. The van der Waals surface area contributed by atoms with Crippen LogP contribution in [0.1, 0.15) is 13.8 Å². The number of carboxylic acids is 1. The highest BCUT2D eigenvalue weighted by molar-refractivity contribution is 5.93. The topological polar surface area (TPSA) is 79.2 Å². The number of methoxy groups -OCH3 is 4. The van der Waals surface area contributed by atoms with Gasteiger partial charge in [0.15, 0.2) is 0 Å². The number of benzene rings is 2. The summed E-state index contributed by atoms with van der Waals surface area (Å²) in [6.45, 7) is 3.65. The van der Waals surface area contributed by atoms with Crippen molar-refractivity contribution in [2.24, 2.45) is 5.41 Å². The summed E-state index contributed by atoms with van der Waals surface area (Å²) < 4.78 is 23.8. The molecule has 160 valence electrons. The van der Waals surface area contributed by atoms with Crippen molar-refractivity contribution in [3.8, 4) is 34.3 Å². The van der Waals surface area contributed by atoms with Crippen molar-refractivity contribution in [2.45, 2.75) is 20.4 Å². The van der Waals surface area contributed by atoms with E-state index in [1.165, 1.54) is 0 Å². The van der Waals surface area contributed by atoms with Gasteiger partial charge in [0.05, 0.1) is 39.4 Å². The van der Waals surface area contributed by atoms with Crippen LogP contribution in [-0.2, 0) is 11.3 Å². The molecule has 2 aromatic carbocycles. The van der Waals surface area contributed by atoms with Gasteiger partial charge in [-0.15, -0.1) is 0 Å². The summed E-state index contributed by atoms with van der Waals surface area (Å²) in [4.78, 5) is 11.9. The van der Waals surface area contributed by atoms with Crippen molar-refractivity contribution >= 4 is 16.9 Å². The SMILES string of the molecule is COc1cc(OC)cc(-c2cc3c(OC)cc(OC)cc3n2CC(C)(C)C(=O)O)c1. The Morgan fingerprint density at radius 2 is 1.43 bits per heavy atom. The Morgan fingerprint density at radius 3 is 1.93 bits per heavy atom. The molecule has 0 aliphatic heterocycles. The minimum Gasteiger partial charge on any atom is -0.497 e. The van der Waals surface area contributed by atoms with E-state index in [1.807, 2.05) is 34.9 Å². The Kier molecular flexibility index (Phi) is 5.82. The average Bonchev–Trinajstić information content (AvgIpc) is 3.10. The van der Waals surface area contributed by atoms with Crippen molar-refractivity contribution < 1.29 is 28.8 Å². The molecule has 0 aliphatic carbocycles. The van der Waals surface area contributed by atoms with Crippen LogP contribution in [0.3, 0.4) is 0 Å². The van der Waals surface area contributed by atoms with Gasteiger partial charge in [-0.2, -0.15) is 0 Å². The average molecular weight is 413 g/mol. The molecule has 3 rings (SSSR count). The van der Waals surface area contributed by atoms with Gasteiger partial charge in [-0.3, -0.25) is 4.79 Å². The van der Waals surface area contributed by atoms with Crippen LogP contribution in [0.15, 0.2) is 36.4 Å². The first kappa shape index (κ1) is 21.4. The zero-order valence-electron chi connectivity index (χ0n) is 18.1. The van der Waals surface area contributed by atoms with E-state index in [2.05, 4.69) is 0 Å². The van der Waals surface area contributed by atoms with Crippen LogP contribution >= 0.6 is 0 Å². The van der Waals surface area contributed by atoms with Crippen molar-refractivity contribution in [1.82, 2.24) is 4.57 Å². The predicted molar refractivity (Wildman–Crippen MR) is 115 cm³/mol. The van der Waals surface area contributed by atoms with Crippen molar-refractivity contribution in [1.29, 1.82) is 0 Å². The zero-order chi connectivity index (χ0) is 22.1. The number of nitrogens with zero attached hydrogens (tertiary/aromatic N) is 1. The molecule has 0 atom stereocenters. The van der Waals surface area contributed by atoms with Crippen LogP contribution in [-0.4, -0.2) is 44.1 Å². The fourth-order valence-electron chi connectivity index (χ4n) is 3.41. The van der Waals surface area contributed by atoms with E-state index in [0.717, 1.165) is 22.2 Å². The number of hydrogen-bond donors (Lipinski definition) is 1. The molecule has 0 bridgehead atoms. The molecule has 30 heavy (non-hydrogen) atoms. The lowest BCUT2D eigenvalue weighted by Gasteiger charge is -2.23. The second-order valence-electron chi connectivity index (χ2n) is 7.67. The van der Waals surface area contributed by atoms with E-state index in [4.69, 9.17) is 18.9 Å². The summed E-state index contributed by atoms with van der Waals surface area (Å²) in [5, 5.41) is 10.6. The van der Waals surface area contributed by atoms with E-state index in [-0.39, 0.29) is 6.54 Å². The summed E-state index contributed by atoms with van der Waals surface area (Å²) in [5.74, 6) is 1.67. The molecule has 7 nitrogen and oxygen atoms in total. The zero-order valence-corrected chi connectivity index (χ0v) is 18.1. The number of hydrogen-bond acceptors (Lipinski definition) is 5. The maximum atomic E-state index is 11.9. The molecule has 0 spiro atoms. The maximum absolute atomic E-state index is 11.9. The second kappa shape index (κ2) is 8.18. The Hall–Kier alpha value is -3.35. The standard InChI is InChI=1S/C23H27NO6/c1-23(2,22(25)26)13-24-19(14-7-15(27-3)9-16(8-14)28-4)12-18-20(24)10-17(29-5)11-21(18)30-6/h7-12H,13H2,1-6H3,(H,25,26). The van der Waals surface area contributed by atoms with Gasteiger partial charge in [-0.25, -0.2) is 0 Å². The lowest BCUT2D eigenvalue weighted by molar-refractivity contribution is -0.147. The van der Waals surface area contributed by atoms with Crippen LogP contribution in [0.5, 0.6) is 23.0 Å². The Balaban J connectivity index is 2.35. The highest BCUT2D eigenvalue weighted by Crippen LogP contribution is 2.40. The first-order valence-corrected chi connectivity index (χ1v) is 9.46. The van der Waals surface area contributed by atoms with Gasteiger partial charge < -0.3 is 28.6 Å². The molecular weight excluding hydrogens is 386 g/mol. The molecule has 1 heterocycles. The normalized spacial score (nSPS) is 11.4. The molecule has 3 aromatic rings. The monoisotopic (exact) mass is 413 g/mol. The number of ether oxygens (including phenoxy) is 4. The second-order valence-corrected chi connectivity index (χ2v) is 7.67. The number of aromatic nitrogens is 1. The molecule has 0 saturated carbocycles. The Morgan fingerprint density at radius 1 is 0.867 bits per heavy atom. The molecule has 0 saturated heterocycles. The van der Waals surface area contributed by atoms with Crippen LogP contribution in [0.4, 0.5) is 0 Å². The summed E-state index contributed by atoms with van der Waals surface area (Å²) in [7, 11) is 6.37. The molecule has 1 aromatic heterocycles. The molecule has 0 unspecified atom stereocenters. The minimum absolute atomic E-state index is 0.247. The smallest absolute Gasteiger partial charge is 0.310 e.